The van der Waals surface area contributed by atoms with Crippen molar-refractivity contribution in [2.45, 2.75) is 0 Å². The van der Waals surface area contributed by atoms with Crippen LogP contribution < -0.4 is 36.5 Å². The van der Waals surface area contributed by atoms with Crippen molar-refractivity contribution in [2.75, 3.05) is 55.6 Å². The zero-order valence-corrected chi connectivity index (χ0v) is 15.6. The van der Waals surface area contributed by atoms with Crippen molar-refractivity contribution in [1.82, 2.24) is 5.32 Å². The van der Waals surface area contributed by atoms with Crippen LogP contribution in [0.25, 0.3) is 0 Å². The van der Waals surface area contributed by atoms with Crippen LogP contribution in [-0.2, 0) is 0 Å². The van der Waals surface area contributed by atoms with Crippen LogP contribution in [0, 0.1) is 0 Å². The Morgan fingerprint density at radius 1 is 1.05 bits per heavy atom. The Balaban J connectivity index is 0.00000441. The summed E-state index contributed by atoms with van der Waals surface area (Å²) >= 11 is 0. The van der Waals surface area contributed by atoms with Crippen molar-refractivity contribution in [3.63, 3.8) is 0 Å². The summed E-state index contributed by atoms with van der Waals surface area (Å²) in [5.41, 5.74) is 0.478. The number of benzene rings is 1. The minimum atomic E-state index is -0.164. The van der Waals surface area contributed by atoms with Crippen LogP contribution in [0.2, 0.25) is 0 Å². The standard InChI is InChI=1S/C15H24N2O4.BrH/c1-17(2,3)8-7-16-15(18)11-9-12(19-4)14(21-6)13(10-11)20-5;/h9-10H,7-8H2,1-6H3;1H. The molecule has 0 heterocycles. The fourth-order valence-electron chi connectivity index (χ4n) is 1.82. The number of likely N-dealkylation sites (N-methyl/N-ethyl adjacent to an activating group) is 1. The number of nitrogens with one attached hydrogen (secondary N) is 1. The van der Waals surface area contributed by atoms with Gasteiger partial charge in [0, 0.05) is 5.56 Å². The van der Waals surface area contributed by atoms with Crippen molar-refractivity contribution in [2.24, 2.45) is 0 Å². The van der Waals surface area contributed by atoms with Gasteiger partial charge in [0.1, 0.15) is 0 Å². The van der Waals surface area contributed by atoms with E-state index < -0.39 is 0 Å². The van der Waals surface area contributed by atoms with Crippen molar-refractivity contribution in [1.29, 1.82) is 0 Å². The SMILES string of the molecule is COc1cc(C(=O)NCC[N+](C)(C)C)cc(OC)c1OC.[Br-]. The fourth-order valence-corrected chi connectivity index (χ4v) is 1.82. The second-order valence-corrected chi connectivity index (χ2v) is 5.68. The average molecular weight is 377 g/mol. The van der Waals surface area contributed by atoms with E-state index in [0.717, 1.165) is 11.0 Å². The van der Waals surface area contributed by atoms with Crippen LogP contribution in [0.1, 0.15) is 10.4 Å². The molecule has 0 atom stereocenters. The molecule has 1 aromatic carbocycles. The molecule has 1 amide bonds. The lowest BCUT2D eigenvalue weighted by Gasteiger charge is -2.23. The fraction of sp³-hybridized carbons (Fsp3) is 0.533. The van der Waals surface area contributed by atoms with Gasteiger partial charge in [0.05, 0.1) is 55.6 Å². The minimum absolute atomic E-state index is 0. The molecule has 7 heteroatoms. The number of amides is 1. The second kappa shape index (κ2) is 8.85. The Morgan fingerprint density at radius 3 is 1.91 bits per heavy atom. The number of methoxy groups -OCH3 is 3. The third-order valence-electron chi connectivity index (χ3n) is 3.00. The number of halogens is 1. The topological polar surface area (TPSA) is 56.8 Å². The summed E-state index contributed by atoms with van der Waals surface area (Å²) in [6, 6.07) is 3.28. The Kier molecular flexibility index (Phi) is 8.26. The summed E-state index contributed by atoms with van der Waals surface area (Å²) in [5.74, 6) is 1.24. The quantitative estimate of drug-likeness (QED) is 0.567. The van der Waals surface area contributed by atoms with Crippen LogP contribution in [0.4, 0.5) is 0 Å². The molecule has 1 N–H and O–H groups in total. The van der Waals surface area contributed by atoms with Gasteiger partial charge < -0.3 is 41.0 Å². The smallest absolute Gasteiger partial charge is 0.251 e. The molecule has 0 aliphatic heterocycles. The van der Waals surface area contributed by atoms with Crippen molar-refractivity contribution >= 4 is 5.91 Å². The maximum absolute atomic E-state index is 12.2. The summed E-state index contributed by atoms with van der Waals surface area (Å²) in [5, 5.41) is 2.89. The Bertz CT molecular complexity index is 476. The van der Waals surface area contributed by atoms with Gasteiger partial charge in [0.25, 0.3) is 5.91 Å². The average Bonchev–Trinajstić information content (AvgIpc) is 2.43. The molecule has 0 aromatic heterocycles. The van der Waals surface area contributed by atoms with Crippen molar-refractivity contribution < 1.29 is 40.5 Å². The molecule has 0 saturated carbocycles. The zero-order valence-electron chi connectivity index (χ0n) is 14.0. The van der Waals surface area contributed by atoms with E-state index >= 15 is 0 Å². The third-order valence-corrected chi connectivity index (χ3v) is 3.00. The van der Waals surface area contributed by atoms with Crippen LogP contribution in [0.3, 0.4) is 0 Å². The molecule has 126 valence electrons. The largest absolute Gasteiger partial charge is 1.00 e. The molecule has 0 aliphatic carbocycles. The van der Waals surface area contributed by atoms with Crippen LogP contribution in [0.5, 0.6) is 17.2 Å². The highest BCUT2D eigenvalue weighted by Crippen LogP contribution is 2.38. The number of ether oxygens (including phenoxy) is 3. The molecule has 0 fully saturated rings. The highest BCUT2D eigenvalue weighted by molar-refractivity contribution is 5.95. The minimum Gasteiger partial charge on any atom is -1.00 e. The maximum atomic E-state index is 12.2. The van der Waals surface area contributed by atoms with Crippen LogP contribution in [0.15, 0.2) is 12.1 Å². The van der Waals surface area contributed by atoms with E-state index in [-0.39, 0.29) is 22.9 Å². The van der Waals surface area contributed by atoms with Gasteiger partial charge in [0.2, 0.25) is 5.75 Å². The zero-order chi connectivity index (χ0) is 16.0. The van der Waals surface area contributed by atoms with E-state index in [2.05, 4.69) is 26.5 Å². The van der Waals surface area contributed by atoms with Gasteiger partial charge in [-0.05, 0) is 12.1 Å². The lowest BCUT2D eigenvalue weighted by molar-refractivity contribution is -0.869. The summed E-state index contributed by atoms with van der Waals surface area (Å²) in [6.45, 7) is 1.44. The Morgan fingerprint density at radius 2 is 1.55 bits per heavy atom. The molecule has 0 unspecified atom stereocenters. The number of hydrogen-bond acceptors (Lipinski definition) is 4. The maximum Gasteiger partial charge on any atom is 0.251 e. The predicted molar refractivity (Wildman–Crippen MR) is 81.3 cm³/mol. The summed E-state index contributed by atoms with van der Waals surface area (Å²) in [4.78, 5) is 12.2. The van der Waals surface area contributed by atoms with Gasteiger partial charge in [-0.2, -0.15) is 0 Å². The van der Waals surface area contributed by atoms with Crippen molar-refractivity contribution in [3.8, 4) is 17.2 Å². The third kappa shape index (κ3) is 5.73. The molecule has 0 spiro atoms. The highest BCUT2D eigenvalue weighted by Gasteiger charge is 2.17. The van der Waals surface area contributed by atoms with Gasteiger partial charge in [-0.25, -0.2) is 0 Å². The lowest BCUT2D eigenvalue weighted by atomic mass is 10.1. The molecule has 0 radical (unpaired) electrons. The van der Waals surface area contributed by atoms with Gasteiger partial charge in [0.15, 0.2) is 11.5 Å². The van der Waals surface area contributed by atoms with Crippen molar-refractivity contribution in [3.05, 3.63) is 17.7 Å². The van der Waals surface area contributed by atoms with Gasteiger partial charge in [-0.3, -0.25) is 4.79 Å². The Hall–Kier alpha value is -1.47. The van der Waals surface area contributed by atoms with E-state index in [1.807, 2.05) is 0 Å². The molecular formula is C15H25BrN2O4. The molecule has 1 aromatic rings. The molecule has 0 aliphatic rings. The first-order chi connectivity index (χ1) is 9.82. The van der Waals surface area contributed by atoms with E-state index in [1.54, 1.807) is 12.1 Å². The Labute approximate surface area is 142 Å². The van der Waals surface area contributed by atoms with Gasteiger partial charge >= 0.3 is 0 Å². The first-order valence-electron chi connectivity index (χ1n) is 6.71. The van der Waals surface area contributed by atoms with E-state index in [1.165, 1.54) is 21.3 Å². The molecule has 6 nitrogen and oxygen atoms in total. The van der Waals surface area contributed by atoms with E-state index in [9.17, 15) is 4.79 Å². The monoisotopic (exact) mass is 376 g/mol. The lowest BCUT2D eigenvalue weighted by Crippen LogP contribution is -3.00. The number of carbonyl (C=O) groups excluding carboxylic acids is 1. The predicted octanol–water partition coefficient (Wildman–Crippen LogP) is -1.85. The number of nitrogens with zero attached hydrogens (tertiary/aromatic N) is 1. The van der Waals surface area contributed by atoms with Gasteiger partial charge in [-0.1, -0.05) is 0 Å². The van der Waals surface area contributed by atoms with Crippen LogP contribution >= 0.6 is 0 Å². The molecule has 22 heavy (non-hydrogen) atoms. The molecule has 0 bridgehead atoms. The molecule has 0 saturated heterocycles. The number of rotatable bonds is 7. The molecule has 1 rings (SSSR count). The number of hydrogen-bond donors (Lipinski definition) is 1. The highest BCUT2D eigenvalue weighted by atomic mass is 79.9. The molecular weight excluding hydrogens is 352 g/mol. The van der Waals surface area contributed by atoms with E-state index in [4.69, 9.17) is 14.2 Å². The van der Waals surface area contributed by atoms with Crippen LogP contribution in [-0.4, -0.2) is 66.0 Å². The normalized spacial score (nSPS) is 10.5. The number of carbonyl (C=O) groups is 1. The first-order valence-corrected chi connectivity index (χ1v) is 6.71. The first kappa shape index (κ1) is 20.5. The number of quaternary nitrogens is 1. The second-order valence-electron chi connectivity index (χ2n) is 5.68. The summed E-state index contributed by atoms with van der Waals surface area (Å²) in [6.07, 6.45) is 0. The summed E-state index contributed by atoms with van der Waals surface area (Å²) in [7, 11) is 10.8. The van der Waals surface area contributed by atoms with Gasteiger partial charge in [-0.15, -0.1) is 0 Å². The summed E-state index contributed by atoms with van der Waals surface area (Å²) < 4.78 is 16.5. The van der Waals surface area contributed by atoms with E-state index in [0.29, 0.717) is 29.4 Å².